The van der Waals surface area contributed by atoms with Crippen LogP contribution in [0, 0.1) is 0 Å². The van der Waals surface area contributed by atoms with Crippen molar-refractivity contribution in [2.24, 2.45) is 0 Å². The lowest BCUT2D eigenvalue weighted by Gasteiger charge is -2.15. The molecule has 0 saturated heterocycles. The Hall–Kier alpha value is -3.72. The molecule has 0 unspecified atom stereocenters. The molecule has 3 nitrogen and oxygen atoms in total. The lowest BCUT2D eigenvalue weighted by Crippen LogP contribution is -2.00. The molecule has 0 aliphatic carbocycles. The summed E-state index contributed by atoms with van der Waals surface area (Å²) in [5.74, 6) is 0.867. The van der Waals surface area contributed by atoms with E-state index in [1.54, 1.807) is 7.11 Å². The van der Waals surface area contributed by atoms with E-state index in [2.05, 4.69) is 82.7 Å². The van der Waals surface area contributed by atoms with Crippen molar-refractivity contribution in [1.29, 1.82) is 0 Å². The number of aromatic nitrogens is 1. The minimum Gasteiger partial charge on any atom is -0.497 e. The van der Waals surface area contributed by atoms with Crippen LogP contribution in [0.2, 0.25) is 0 Å². The largest absolute Gasteiger partial charge is 0.497 e. The van der Waals surface area contributed by atoms with Gasteiger partial charge in [0.15, 0.2) is 0 Å². The van der Waals surface area contributed by atoms with Crippen LogP contribution in [0.1, 0.15) is 0 Å². The number of hydrogen-bond acceptors (Lipinski definition) is 2. The van der Waals surface area contributed by atoms with Crippen LogP contribution in [0.25, 0.3) is 27.5 Å². The average molecular weight is 364 g/mol. The van der Waals surface area contributed by atoms with E-state index in [1.807, 2.05) is 24.3 Å². The van der Waals surface area contributed by atoms with Gasteiger partial charge in [0, 0.05) is 16.5 Å². The maximum atomic E-state index is 5.47. The summed E-state index contributed by atoms with van der Waals surface area (Å²) in [6.07, 6.45) is 0. The monoisotopic (exact) mass is 364 g/mol. The summed E-state index contributed by atoms with van der Waals surface area (Å²) in [6.45, 7) is 0. The molecular weight excluding hydrogens is 344 g/mol. The molecule has 1 heterocycles. The number of nitrogens with zero attached hydrogens (tertiary/aromatic N) is 1. The van der Waals surface area contributed by atoms with E-state index in [9.17, 15) is 0 Å². The molecule has 0 radical (unpaired) electrons. The van der Waals surface area contributed by atoms with Gasteiger partial charge in [0.2, 0.25) is 0 Å². The van der Waals surface area contributed by atoms with E-state index in [1.165, 1.54) is 16.3 Å². The molecule has 0 saturated carbocycles. The molecule has 5 rings (SSSR count). The fourth-order valence-corrected chi connectivity index (χ4v) is 3.79. The van der Waals surface area contributed by atoms with Crippen molar-refractivity contribution in [2.75, 3.05) is 12.4 Å². The normalized spacial score (nSPS) is 11.0. The van der Waals surface area contributed by atoms with Gasteiger partial charge >= 0.3 is 0 Å². The van der Waals surface area contributed by atoms with Gasteiger partial charge in [-0.3, -0.25) is 0 Å². The molecule has 136 valence electrons. The summed E-state index contributed by atoms with van der Waals surface area (Å²) in [7, 11) is 1.71. The van der Waals surface area contributed by atoms with Gasteiger partial charge in [-0.05, 0) is 48.5 Å². The number of fused-ring (bicyclic) bond motifs is 3. The summed E-state index contributed by atoms with van der Waals surface area (Å²) < 4.78 is 7.78. The highest BCUT2D eigenvalue weighted by atomic mass is 16.5. The summed E-state index contributed by atoms with van der Waals surface area (Å²) in [5, 5.41) is 5.97. The number of nitrogens with one attached hydrogen (secondary N) is 1. The van der Waals surface area contributed by atoms with Crippen LogP contribution < -0.4 is 10.1 Å². The molecule has 5 aromatic rings. The number of rotatable bonds is 4. The molecule has 0 fully saturated rings. The van der Waals surface area contributed by atoms with Crippen molar-refractivity contribution >= 4 is 33.2 Å². The topological polar surface area (TPSA) is 26.2 Å². The summed E-state index contributed by atoms with van der Waals surface area (Å²) in [4.78, 5) is 0. The Labute approximate surface area is 163 Å². The summed E-state index contributed by atoms with van der Waals surface area (Å²) in [5.41, 5.74) is 5.57. The second kappa shape index (κ2) is 6.78. The minimum atomic E-state index is 0.867. The third-order valence-electron chi connectivity index (χ3n) is 5.08. The molecule has 1 N–H and O–H groups in total. The van der Waals surface area contributed by atoms with Crippen LogP contribution in [0.3, 0.4) is 0 Å². The fraction of sp³-hybridized carbons (Fsp3) is 0.0400. The first-order chi connectivity index (χ1) is 13.8. The molecule has 0 amide bonds. The van der Waals surface area contributed by atoms with E-state index < -0.39 is 0 Å². The molecule has 0 spiro atoms. The Kier molecular flexibility index (Phi) is 3.99. The van der Waals surface area contributed by atoms with Crippen LogP contribution in [0.15, 0.2) is 97.1 Å². The lowest BCUT2D eigenvalue weighted by molar-refractivity contribution is 0.415. The maximum absolute atomic E-state index is 5.47. The van der Waals surface area contributed by atoms with Crippen molar-refractivity contribution < 1.29 is 4.74 Å². The lowest BCUT2D eigenvalue weighted by atomic mass is 10.1. The maximum Gasteiger partial charge on any atom is 0.119 e. The highest BCUT2D eigenvalue weighted by Gasteiger charge is 2.15. The van der Waals surface area contributed by atoms with Crippen LogP contribution in [-0.2, 0) is 0 Å². The van der Waals surface area contributed by atoms with E-state index in [4.69, 9.17) is 4.74 Å². The first kappa shape index (κ1) is 16.5. The quantitative estimate of drug-likeness (QED) is 0.392. The molecule has 0 bridgehead atoms. The summed E-state index contributed by atoms with van der Waals surface area (Å²) in [6, 6.07) is 33.4. The molecule has 28 heavy (non-hydrogen) atoms. The van der Waals surface area contributed by atoms with E-state index in [0.717, 1.165) is 28.3 Å². The van der Waals surface area contributed by atoms with Gasteiger partial charge < -0.3 is 14.6 Å². The number of hydrogen-bond donors (Lipinski definition) is 1. The Morgan fingerprint density at radius 3 is 2.25 bits per heavy atom. The molecule has 4 aromatic carbocycles. The van der Waals surface area contributed by atoms with Crippen LogP contribution in [0.4, 0.5) is 11.4 Å². The second-order valence-corrected chi connectivity index (χ2v) is 6.74. The summed E-state index contributed by atoms with van der Waals surface area (Å²) >= 11 is 0. The van der Waals surface area contributed by atoms with Crippen molar-refractivity contribution in [3.8, 4) is 11.4 Å². The van der Waals surface area contributed by atoms with Crippen molar-refractivity contribution in [1.82, 2.24) is 4.57 Å². The Morgan fingerprint density at radius 1 is 0.679 bits per heavy atom. The number of anilines is 2. The van der Waals surface area contributed by atoms with Crippen molar-refractivity contribution in [3.63, 3.8) is 0 Å². The average Bonchev–Trinajstić information content (AvgIpc) is 3.08. The van der Waals surface area contributed by atoms with Gasteiger partial charge in [0.25, 0.3) is 0 Å². The highest BCUT2D eigenvalue weighted by Crippen LogP contribution is 2.36. The molecular formula is C25H20N2O. The third-order valence-corrected chi connectivity index (χ3v) is 5.08. The first-order valence-electron chi connectivity index (χ1n) is 9.34. The van der Waals surface area contributed by atoms with E-state index >= 15 is 0 Å². The van der Waals surface area contributed by atoms with Crippen LogP contribution in [0.5, 0.6) is 5.75 Å². The van der Waals surface area contributed by atoms with Gasteiger partial charge in [-0.1, -0.05) is 48.5 Å². The van der Waals surface area contributed by atoms with Gasteiger partial charge in [-0.25, -0.2) is 0 Å². The van der Waals surface area contributed by atoms with Gasteiger partial charge in [-0.2, -0.15) is 0 Å². The number of ether oxygens (including phenoxy) is 1. The fourth-order valence-electron chi connectivity index (χ4n) is 3.79. The van der Waals surface area contributed by atoms with Crippen LogP contribution in [-0.4, -0.2) is 11.7 Å². The third kappa shape index (κ3) is 2.69. The van der Waals surface area contributed by atoms with Crippen molar-refractivity contribution in [3.05, 3.63) is 97.1 Å². The SMILES string of the molecule is COc1ccc2c(c1)c1ccccc1n2-c1ccccc1Nc1ccccc1. The predicted octanol–water partition coefficient (Wildman–Crippen LogP) is 6.54. The Morgan fingerprint density at radius 2 is 1.39 bits per heavy atom. The van der Waals surface area contributed by atoms with Crippen molar-refractivity contribution in [2.45, 2.75) is 0 Å². The van der Waals surface area contributed by atoms with Gasteiger partial charge in [0.05, 0.1) is 29.5 Å². The zero-order valence-corrected chi connectivity index (χ0v) is 15.6. The van der Waals surface area contributed by atoms with Gasteiger partial charge in [-0.15, -0.1) is 0 Å². The number of benzene rings is 4. The predicted molar refractivity (Wildman–Crippen MR) is 117 cm³/mol. The second-order valence-electron chi connectivity index (χ2n) is 6.74. The minimum absolute atomic E-state index is 0.867. The molecule has 1 aromatic heterocycles. The Bertz CT molecular complexity index is 1270. The zero-order chi connectivity index (χ0) is 18.9. The highest BCUT2D eigenvalue weighted by molar-refractivity contribution is 6.10. The van der Waals surface area contributed by atoms with E-state index in [0.29, 0.717) is 0 Å². The molecule has 3 heteroatoms. The standard InChI is InChI=1S/C25H20N2O/c1-28-19-15-16-24-21(17-19)20-11-5-7-13-23(20)27(24)25-14-8-6-12-22(25)26-18-9-3-2-4-10-18/h2-17,26H,1H3. The zero-order valence-electron chi connectivity index (χ0n) is 15.6. The first-order valence-corrected chi connectivity index (χ1v) is 9.34. The number of para-hydroxylation sites is 4. The molecule has 0 aliphatic rings. The Balaban J connectivity index is 1.78. The van der Waals surface area contributed by atoms with E-state index in [-0.39, 0.29) is 0 Å². The smallest absolute Gasteiger partial charge is 0.119 e. The molecule has 0 atom stereocenters. The van der Waals surface area contributed by atoms with Crippen LogP contribution >= 0.6 is 0 Å². The molecule has 0 aliphatic heterocycles. The number of methoxy groups -OCH3 is 1. The van der Waals surface area contributed by atoms with Gasteiger partial charge in [0.1, 0.15) is 5.75 Å².